The molecule has 1 radical (unpaired) electrons. The fourth-order valence-electron chi connectivity index (χ4n) is 1.96. The first kappa shape index (κ1) is 22.2. The molecule has 0 aliphatic heterocycles. The van der Waals surface area contributed by atoms with Crippen molar-refractivity contribution in [2.24, 2.45) is 0 Å². The van der Waals surface area contributed by atoms with Crippen LogP contribution in [0.2, 0.25) is 0 Å². The van der Waals surface area contributed by atoms with Crippen molar-refractivity contribution >= 4 is 29.6 Å². The number of aliphatic hydroxyl groups is 2. The molecule has 19 heavy (non-hydrogen) atoms. The van der Waals surface area contributed by atoms with Crippen molar-refractivity contribution in [2.45, 2.75) is 77.2 Å². The van der Waals surface area contributed by atoms with Crippen molar-refractivity contribution in [3.63, 3.8) is 0 Å². The molecule has 0 bridgehead atoms. The Balaban J connectivity index is 0. The molecule has 4 heteroatoms. The summed E-state index contributed by atoms with van der Waals surface area (Å²) >= 11 is 0. The Labute approximate surface area is 141 Å². The second kappa shape index (κ2) is 18.9. The van der Waals surface area contributed by atoms with Gasteiger partial charge in [-0.1, -0.05) is 64.7 Å². The van der Waals surface area contributed by atoms with Crippen molar-refractivity contribution in [1.29, 1.82) is 0 Å². The van der Waals surface area contributed by atoms with Crippen LogP contribution in [0, 0.1) is 0 Å². The smallest absolute Gasteiger partial charge is 0.100 e. The van der Waals surface area contributed by atoms with E-state index >= 15 is 0 Å². The van der Waals surface area contributed by atoms with Gasteiger partial charge in [-0.15, -0.1) is 0 Å². The molecule has 2 N–H and O–H groups in total. The van der Waals surface area contributed by atoms with E-state index in [2.05, 4.69) is 6.92 Å². The average Bonchev–Trinajstić information content (AvgIpc) is 2.39. The molecule has 0 heterocycles. The molecule has 0 fully saturated rings. The average molecular weight is 283 g/mol. The molecule has 0 aromatic rings. The second-order valence-electron chi connectivity index (χ2n) is 5.09. The number of hydrogen-bond acceptors (Lipinski definition) is 3. The second-order valence-corrected chi connectivity index (χ2v) is 5.09. The summed E-state index contributed by atoms with van der Waals surface area (Å²) in [5.74, 6) is 0. The molecule has 3 nitrogen and oxygen atoms in total. The molecule has 0 saturated carbocycles. The monoisotopic (exact) mass is 283 g/mol. The van der Waals surface area contributed by atoms with Gasteiger partial charge in [0.2, 0.25) is 0 Å². The minimum atomic E-state index is -0.715. The number of hydrogen-bond donors (Lipinski definition) is 2. The maximum atomic E-state index is 9.04. The van der Waals surface area contributed by atoms with E-state index < -0.39 is 6.10 Å². The third kappa shape index (κ3) is 18.9. The van der Waals surface area contributed by atoms with Crippen molar-refractivity contribution in [2.75, 3.05) is 19.8 Å². The van der Waals surface area contributed by atoms with Crippen LogP contribution in [0.3, 0.4) is 0 Å². The molecule has 0 spiro atoms. The van der Waals surface area contributed by atoms with E-state index in [-0.39, 0.29) is 42.8 Å². The third-order valence-electron chi connectivity index (χ3n) is 3.16. The van der Waals surface area contributed by atoms with Gasteiger partial charge in [-0.05, 0) is 6.42 Å². The minimum Gasteiger partial charge on any atom is -0.394 e. The van der Waals surface area contributed by atoms with E-state index in [1.54, 1.807) is 0 Å². The number of ether oxygens (including phenoxy) is 1. The van der Waals surface area contributed by atoms with E-state index in [4.69, 9.17) is 14.9 Å². The Morgan fingerprint density at radius 1 is 0.842 bits per heavy atom. The van der Waals surface area contributed by atoms with Gasteiger partial charge in [-0.3, -0.25) is 0 Å². The van der Waals surface area contributed by atoms with Crippen LogP contribution in [0.4, 0.5) is 0 Å². The van der Waals surface area contributed by atoms with E-state index in [0.29, 0.717) is 6.61 Å². The molecule has 0 aromatic heterocycles. The number of rotatable bonds is 14. The topological polar surface area (TPSA) is 49.7 Å². The van der Waals surface area contributed by atoms with Crippen LogP contribution < -0.4 is 0 Å². The van der Waals surface area contributed by atoms with E-state index in [0.717, 1.165) is 6.42 Å². The number of aliphatic hydroxyl groups excluding tert-OH is 2. The number of unbranched alkanes of at least 4 members (excludes halogenated alkanes) is 9. The van der Waals surface area contributed by atoms with Crippen LogP contribution in [0.25, 0.3) is 0 Å². The summed E-state index contributed by atoms with van der Waals surface area (Å²) in [6.45, 7) is 3.00. The molecule has 1 unspecified atom stereocenters. The van der Waals surface area contributed by atoms with Crippen LogP contribution in [-0.4, -0.2) is 65.7 Å². The Kier molecular flexibility index (Phi) is 22.0. The van der Waals surface area contributed by atoms with Crippen LogP contribution in [0.1, 0.15) is 71.1 Å². The fraction of sp³-hybridized carbons (Fsp3) is 1.00. The van der Waals surface area contributed by atoms with Gasteiger partial charge in [-0.25, -0.2) is 0 Å². The van der Waals surface area contributed by atoms with Gasteiger partial charge >= 0.3 is 0 Å². The van der Waals surface area contributed by atoms with E-state index in [9.17, 15) is 0 Å². The van der Waals surface area contributed by atoms with Crippen LogP contribution >= 0.6 is 0 Å². The summed E-state index contributed by atoms with van der Waals surface area (Å²) in [5.41, 5.74) is 0. The Hall–Kier alpha value is 0.880. The minimum absolute atomic E-state index is 0. The molecule has 0 rings (SSSR count). The first-order valence-electron chi connectivity index (χ1n) is 7.68. The van der Waals surface area contributed by atoms with Crippen molar-refractivity contribution in [3.05, 3.63) is 0 Å². The first-order chi connectivity index (χ1) is 8.81. The molecule has 0 aliphatic carbocycles. The Bertz CT molecular complexity index is 156. The van der Waals surface area contributed by atoms with Crippen LogP contribution in [-0.2, 0) is 4.74 Å². The Morgan fingerprint density at radius 2 is 1.32 bits per heavy atom. The summed E-state index contributed by atoms with van der Waals surface area (Å²) in [5, 5.41) is 17.6. The zero-order chi connectivity index (χ0) is 13.5. The fourth-order valence-corrected chi connectivity index (χ4v) is 1.96. The molecule has 1 atom stereocenters. The zero-order valence-corrected chi connectivity index (χ0v) is 15.1. The van der Waals surface area contributed by atoms with Crippen molar-refractivity contribution in [1.82, 2.24) is 0 Å². The normalized spacial score (nSPS) is 12.2. The molecule has 111 valence electrons. The van der Waals surface area contributed by atoms with Gasteiger partial charge in [-0.2, -0.15) is 0 Å². The van der Waals surface area contributed by atoms with Gasteiger partial charge in [0.15, 0.2) is 0 Å². The molecule has 0 aliphatic rings. The van der Waals surface area contributed by atoms with Crippen LogP contribution in [0.15, 0.2) is 0 Å². The molecule has 0 aromatic carbocycles. The summed E-state index contributed by atoms with van der Waals surface area (Å²) < 4.78 is 5.25. The molecule has 0 saturated heterocycles. The molecular weight excluding hydrogens is 251 g/mol. The van der Waals surface area contributed by atoms with Crippen LogP contribution in [0.5, 0.6) is 0 Å². The van der Waals surface area contributed by atoms with E-state index in [1.807, 2.05) is 0 Å². The predicted molar refractivity (Wildman–Crippen MR) is 81.5 cm³/mol. The Morgan fingerprint density at radius 3 is 1.79 bits per heavy atom. The quantitative estimate of drug-likeness (QED) is 0.381. The maximum absolute atomic E-state index is 9.04. The molecule has 0 amide bonds. The zero-order valence-electron chi connectivity index (χ0n) is 13.1. The summed E-state index contributed by atoms with van der Waals surface area (Å²) in [6, 6.07) is 0. The third-order valence-corrected chi connectivity index (χ3v) is 3.16. The van der Waals surface area contributed by atoms with Gasteiger partial charge < -0.3 is 14.9 Å². The largest absolute Gasteiger partial charge is 0.394 e. The maximum Gasteiger partial charge on any atom is 0.100 e. The first-order valence-corrected chi connectivity index (χ1v) is 7.68. The SMILES string of the molecule is CCCCCCCCCCCCOCC(O)CO.[Na]. The van der Waals surface area contributed by atoms with Crippen molar-refractivity contribution < 1.29 is 14.9 Å². The van der Waals surface area contributed by atoms with Gasteiger partial charge in [0.05, 0.1) is 13.2 Å². The summed E-state index contributed by atoms with van der Waals surface area (Å²) in [4.78, 5) is 0. The summed E-state index contributed by atoms with van der Waals surface area (Å²) in [7, 11) is 0. The van der Waals surface area contributed by atoms with E-state index in [1.165, 1.54) is 57.8 Å². The standard InChI is InChI=1S/C15H32O3.Na/c1-2-3-4-5-6-7-8-9-10-11-12-18-14-15(17)13-16;/h15-17H,2-14H2,1H3;. The van der Waals surface area contributed by atoms with Gasteiger partial charge in [0.25, 0.3) is 0 Å². The molecular formula is C15H32NaO3. The predicted octanol–water partition coefficient (Wildman–Crippen LogP) is 2.90. The van der Waals surface area contributed by atoms with Gasteiger partial charge in [0, 0.05) is 36.2 Å². The van der Waals surface area contributed by atoms with Crippen molar-refractivity contribution in [3.8, 4) is 0 Å². The summed E-state index contributed by atoms with van der Waals surface area (Å²) in [6.07, 6.45) is 12.5. The van der Waals surface area contributed by atoms with Gasteiger partial charge in [0.1, 0.15) is 6.10 Å².